The number of aromatic nitrogens is 3. The molecular formula is C15H12BrIN4. The van der Waals surface area contributed by atoms with Gasteiger partial charge in [0.25, 0.3) is 0 Å². The molecule has 0 unspecified atom stereocenters. The van der Waals surface area contributed by atoms with Gasteiger partial charge in [-0.1, -0.05) is 25.1 Å². The van der Waals surface area contributed by atoms with Crippen LogP contribution in [0.1, 0.15) is 12.6 Å². The number of benzene rings is 1. The first-order valence-corrected chi connectivity index (χ1v) is 8.35. The summed E-state index contributed by atoms with van der Waals surface area (Å²) in [5.74, 6) is 1.06. The molecule has 3 rings (SSSR count). The molecule has 21 heavy (non-hydrogen) atoms. The molecule has 0 saturated heterocycles. The first-order chi connectivity index (χ1) is 10.1. The molecule has 0 fully saturated rings. The van der Waals surface area contributed by atoms with Crippen molar-refractivity contribution in [1.82, 2.24) is 15.0 Å². The number of anilines is 1. The highest BCUT2D eigenvalue weighted by atomic mass is 127. The molecule has 0 amide bonds. The van der Waals surface area contributed by atoms with Gasteiger partial charge in [0.2, 0.25) is 0 Å². The van der Waals surface area contributed by atoms with Crippen LogP contribution in [0.2, 0.25) is 0 Å². The number of para-hydroxylation sites is 1. The lowest BCUT2D eigenvalue weighted by Gasteiger charge is -2.09. The van der Waals surface area contributed by atoms with Gasteiger partial charge in [-0.2, -0.15) is 0 Å². The molecule has 3 aromatic rings. The predicted octanol–water partition coefficient (Wildman–Crippen LogP) is 4.20. The lowest BCUT2D eigenvalue weighted by atomic mass is 10.2. The van der Waals surface area contributed by atoms with E-state index < -0.39 is 0 Å². The van der Waals surface area contributed by atoms with Crippen molar-refractivity contribution in [3.05, 3.63) is 44.1 Å². The molecule has 1 aromatic carbocycles. The van der Waals surface area contributed by atoms with Gasteiger partial charge >= 0.3 is 0 Å². The van der Waals surface area contributed by atoms with Gasteiger partial charge in [0.05, 0.1) is 14.8 Å². The topological polar surface area (TPSA) is 64.7 Å². The van der Waals surface area contributed by atoms with Gasteiger partial charge in [0.15, 0.2) is 5.82 Å². The summed E-state index contributed by atoms with van der Waals surface area (Å²) >= 11 is 5.74. The third-order valence-corrected chi connectivity index (χ3v) is 4.95. The normalized spacial score (nSPS) is 11.0. The van der Waals surface area contributed by atoms with E-state index >= 15 is 0 Å². The third kappa shape index (κ3) is 2.74. The minimum absolute atomic E-state index is 0.499. The van der Waals surface area contributed by atoms with Crippen LogP contribution < -0.4 is 5.73 Å². The number of hydrogen-bond donors (Lipinski definition) is 1. The van der Waals surface area contributed by atoms with Gasteiger partial charge < -0.3 is 5.73 Å². The molecule has 0 aliphatic carbocycles. The molecule has 0 radical (unpaired) electrons. The Morgan fingerprint density at radius 2 is 1.95 bits per heavy atom. The monoisotopic (exact) mass is 454 g/mol. The van der Waals surface area contributed by atoms with Crippen molar-refractivity contribution in [1.29, 1.82) is 0 Å². The van der Waals surface area contributed by atoms with Gasteiger partial charge in [-0.05, 0) is 57.1 Å². The van der Waals surface area contributed by atoms with Crippen molar-refractivity contribution >= 4 is 55.2 Å². The zero-order valence-electron chi connectivity index (χ0n) is 11.3. The van der Waals surface area contributed by atoms with E-state index in [1.165, 1.54) is 0 Å². The minimum Gasteiger partial charge on any atom is -0.383 e. The van der Waals surface area contributed by atoms with Crippen LogP contribution in [0.5, 0.6) is 0 Å². The molecule has 0 atom stereocenters. The maximum Gasteiger partial charge on any atom is 0.181 e. The number of aryl methyl sites for hydroxylation is 1. The van der Waals surface area contributed by atoms with Gasteiger partial charge in [-0.25, -0.2) is 15.0 Å². The van der Waals surface area contributed by atoms with Gasteiger partial charge in [-0.3, -0.25) is 0 Å². The number of fused-ring (bicyclic) bond motifs is 1. The van der Waals surface area contributed by atoms with Crippen molar-refractivity contribution in [3.63, 3.8) is 0 Å². The van der Waals surface area contributed by atoms with E-state index in [4.69, 9.17) is 5.73 Å². The molecular weight excluding hydrogens is 443 g/mol. The van der Waals surface area contributed by atoms with Crippen molar-refractivity contribution in [2.75, 3.05) is 5.73 Å². The Bertz CT molecular complexity index is 835. The van der Waals surface area contributed by atoms with E-state index in [9.17, 15) is 0 Å². The number of nitrogens with zero attached hydrogens (tertiary/aromatic N) is 3. The lowest BCUT2D eigenvalue weighted by molar-refractivity contribution is 0.988. The van der Waals surface area contributed by atoms with Crippen LogP contribution >= 0.6 is 38.5 Å². The summed E-state index contributed by atoms with van der Waals surface area (Å²) < 4.78 is 1.78. The fourth-order valence-corrected chi connectivity index (χ4v) is 3.24. The molecule has 4 nitrogen and oxygen atoms in total. The summed E-state index contributed by atoms with van der Waals surface area (Å²) in [6.07, 6.45) is 0.809. The van der Waals surface area contributed by atoms with Gasteiger partial charge in [-0.15, -0.1) is 0 Å². The van der Waals surface area contributed by atoms with Crippen LogP contribution in [0.15, 0.2) is 34.8 Å². The molecule has 2 N–H and O–H groups in total. The molecule has 0 aliphatic heterocycles. The number of nitrogen functional groups attached to an aromatic ring is 1. The highest BCUT2D eigenvalue weighted by molar-refractivity contribution is 14.1. The standard InChI is InChI=1S/C15H12BrIN4/c1-2-10-12(17)14(18)21-15(20-10)13-9(16)7-8-5-3-4-6-11(8)19-13/h3-7H,2H2,1H3,(H2,18,20,21). The minimum atomic E-state index is 0.499. The Morgan fingerprint density at radius 1 is 1.19 bits per heavy atom. The van der Waals surface area contributed by atoms with Crippen LogP contribution in [-0.4, -0.2) is 15.0 Å². The fourth-order valence-electron chi connectivity index (χ4n) is 2.10. The van der Waals surface area contributed by atoms with Crippen molar-refractivity contribution < 1.29 is 0 Å². The Kier molecular flexibility index (Phi) is 4.08. The number of hydrogen-bond acceptors (Lipinski definition) is 4. The van der Waals surface area contributed by atoms with E-state index in [-0.39, 0.29) is 0 Å². The van der Waals surface area contributed by atoms with Gasteiger partial charge in [0.1, 0.15) is 11.5 Å². The molecule has 6 heteroatoms. The summed E-state index contributed by atoms with van der Waals surface area (Å²) in [7, 11) is 0. The average molecular weight is 455 g/mol. The maximum atomic E-state index is 6.00. The van der Waals surface area contributed by atoms with Gasteiger partial charge in [0, 0.05) is 9.86 Å². The zero-order chi connectivity index (χ0) is 15.0. The summed E-state index contributed by atoms with van der Waals surface area (Å²) in [5.41, 5.74) is 8.57. The molecule has 0 spiro atoms. The Hall–Kier alpha value is -1.28. The van der Waals surface area contributed by atoms with Crippen molar-refractivity contribution in [2.24, 2.45) is 0 Å². The van der Waals surface area contributed by atoms with E-state index in [2.05, 4.69) is 60.4 Å². The summed E-state index contributed by atoms with van der Waals surface area (Å²) in [6.45, 7) is 2.05. The molecule has 2 heterocycles. The molecule has 106 valence electrons. The molecule has 0 saturated carbocycles. The second kappa shape index (κ2) is 5.84. The second-order valence-electron chi connectivity index (χ2n) is 4.56. The quantitative estimate of drug-likeness (QED) is 0.589. The van der Waals surface area contributed by atoms with Crippen LogP contribution in [0.25, 0.3) is 22.4 Å². The van der Waals surface area contributed by atoms with Crippen LogP contribution in [0, 0.1) is 3.57 Å². The highest BCUT2D eigenvalue weighted by Gasteiger charge is 2.14. The SMILES string of the molecule is CCc1nc(-c2nc3ccccc3cc2Br)nc(N)c1I. The largest absolute Gasteiger partial charge is 0.383 e. The lowest BCUT2D eigenvalue weighted by Crippen LogP contribution is -2.05. The number of halogens is 2. The summed E-state index contributed by atoms with van der Waals surface area (Å²) in [5, 5.41) is 1.07. The molecule has 0 aliphatic rings. The predicted molar refractivity (Wildman–Crippen MR) is 97.0 cm³/mol. The van der Waals surface area contributed by atoms with E-state index in [0.29, 0.717) is 17.3 Å². The maximum absolute atomic E-state index is 6.00. The third-order valence-electron chi connectivity index (χ3n) is 3.17. The average Bonchev–Trinajstić information content (AvgIpc) is 2.49. The Morgan fingerprint density at radius 3 is 2.71 bits per heavy atom. The molecule has 2 aromatic heterocycles. The molecule has 0 bridgehead atoms. The van der Waals surface area contributed by atoms with Crippen molar-refractivity contribution in [2.45, 2.75) is 13.3 Å². The van der Waals surface area contributed by atoms with E-state index in [0.717, 1.165) is 31.1 Å². The van der Waals surface area contributed by atoms with Crippen LogP contribution in [0.3, 0.4) is 0 Å². The zero-order valence-corrected chi connectivity index (χ0v) is 15.0. The number of nitrogens with two attached hydrogens (primary N) is 1. The second-order valence-corrected chi connectivity index (χ2v) is 6.49. The number of pyridine rings is 1. The van der Waals surface area contributed by atoms with Crippen LogP contribution in [0.4, 0.5) is 5.82 Å². The Labute approximate surface area is 144 Å². The Balaban J connectivity index is 2.25. The highest BCUT2D eigenvalue weighted by Crippen LogP contribution is 2.29. The first kappa shape index (κ1) is 14.6. The van der Waals surface area contributed by atoms with E-state index in [1.54, 1.807) is 0 Å². The smallest absolute Gasteiger partial charge is 0.181 e. The van der Waals surface area contributed by atoms with Crippen molar-refractivity contribution in [3.8, 4) is 11.5 Å². The first-order valence-electron chi connectivity index (χ1n) is 6.47. The van der Waals surface area contributed by atoms with Crippen LogP contribution in [-0.2, 0) is 6.42 Å². The summed E-state index contributed by atoms with van der Waals surface area (Å²) in [4.78, 5) is 13.6. The number of rotatable bonds is 2. The fraction of sp³-hybridized carbons (Fsp3) is 0.133. The van der Waals surface area contributed by atoms with E-state index in [1.807, 2.05) is 30.3 Å². The summed E-state index contributed by atoms with van der Waals surface area (Å²) in [6, 6.07) is 9.98.